The van der Waals surface area contributed by atoms with Gasteiger partial charge in [-0.15, -0.1) is 10.2 Å². The number of nitrogens with zero attached hydrogens (tertiary/aromatic N) is 4. The van der Waals surface area contributed by atoms with Gasteiger partial charge in [0.1, 0.15) is 0 Å². The smallest absolute Gasteiger partial charge is 0.269 e. The molecule has 0 saturated heterocycles. The number of benzene rings is 1. The Hall–Kier alpha value is -3.20. The van der Waals surface area contributed by atoms with Crippen molar-refractivity contribution in [3.05, 3.63) is 60.4 Å². The van der Waals surface area contributed by atoms with Crippen LogP contribution in [0.2, 0.25) is 0 Å². The van der Waals surface area contributed by atoms with E-state index in [0.717, 1.165) is 5.56 Å². The molecule has 2 heterocycles. The van der Waals surface area contributed by atoms with Gasteiger partial charge in [-0.3, -0.25) is 25.4 Å². The first-order valence-corrected chi connectivity index (χ1v) is 9.06. The molecular weight excluding hydrogens is 364 g/mol. The quantitative estimate of drug-likeness (QED) is 0.516. The Morgan fingerprint density at radius 1 is 1.04 bits per heavy atom. The lowest BCUT2D eigenvalue weighted by Crippen LogP contribution is -2.44. The van der Waals surface area contributed by atoms with Crippen molar-refractivity contribution < 1.29 is 9.59 Å². The van der Waals surface area contributed by atoms with Crippen LogP contribution < -0.4 is 10.9 Å². The van der Waals surface area contributed by atoms with Gasteiger partial charge in [0.15, 0.2) is 11.0 Å². The van der Waals surface area contributed by atoms with Crippen LogP contribution in [0.25, 0.3) is 11.4 Å². The van der Waals surface area contributed by atoms with Gasteiger partial charge in [0.2, 0.25) is 0 Å². The van der Waals surface area contributed by atoms with Crippen LogP contribution in [0, 0.1) is 0 Å². The SMILES string of the molecule is C[C@H](Sc1nnc(-c2ccncc2)n1C)C(=O)NNC(=O)c1ccccc1. The Balaban J connectivity index is 1.59. The third kappa shape index (κ3) is 4.50. The van der Waals surface area contributed by atoms with Crippen molar-refractivity contribution in [1.82, 2.24) is 30.6 Å². The van der Waals surface area contributed by atoms with Gasteiger partial charge in [0, 0.05) is 30.6 Å². The number of carbonyl (C=O) groups excluding carboxylic acids is 2. The minimum absolute atomic E-state index is 0.335. The number of thioether (sulfide) groups is 1. The van der Waals surface area contributed by atoms with Crippen LogP contribution in [0.5, 0.6) is 0 Å². The highest BCUT2D eigenvalue weighted by molar-refractivity contribution is 8.00. The standard InChI is InChI=1S/C18H18N6O2S/c1-12(16(25)21-22-17(26)14-6-4-3-5-7-14)27-18-23-20-15(24(18)2)13-8-10-19-11-9-13/h3-12H,1-2H3,(H,21,25)(H,22,26)/t12-/m0/s1. The highest BCUT2D eigenvalue weighted by Crippen LogP contribution is 2.25. The molecule has 0 aliphatic heterocycles. The number of hydrogen-bond acceptors (Lipinski definition) is 6. The van der Waals surface area contributed by atoms with Gasteiger partial charge < -0.3 is 4.57 Å². The first-order valence-electron chi connectivity index (χ1n) is 8.18. The first-order chi connectivity index (χ1) is 13.1. The van der Waals surface area contributed by atoms with Crippen molar-refractivity contribution in [2.24, 2.45) is 7.05 Å². The number of hydrogen-bond donors (Lipinski definition) is 2. The Morgan fingerprint density at radius 3 is 2.44 bits per heavy atom. The van der Waals surface area contributed by atoms with Crippen molar-refractivity contribution in [3.63, 3.8) is 0 Å². The number of amides is 2. The predicted molar refractivity (Wildman–Crippen MR) is 102 cm³/mol. The molecule has 0 radical (unpaired) electrons. The largest absolute Gasteiger partial charge is 0.305 e. The van der Waals surface area contributed by atoms with Crippen molar-refractivity contribution >= 4 is 23.6 Å². The molecule has 1 aromatic carbocycles. The lowest BCUT2D eigenvalue weighted by atomic mass is 10.2. The van der Waals surface area contributed by atoms with Gasteiger partial charge in [-0.1, -0.05) is 30.0 Å². The van der Waals surface area contributed by atoms with E-state index in [4.69, 9.17) is 0 Å². The fourth-order valence-corrected chi connectivity index (χ4v) is 3.08. The van der Waals surface area contributed by atoms with E-state index >= 15 is 0 Å². The number of pyridine rings is 1. The Kier molecular flexibility index (Phi) is 5.82. The number of hydrazine groups is 1. The lowest BCUT2D eigenvalue weighted by Gasteiger charge is -2.12. The Bertz CT molecular complexity index is 930. The monoisotopic (exact) mass is 382 g/mol. The van der Waals surface area contributed by atoms with Gasteiger partial charge in [-0.25, -0.2) is 0 Å². The molecule has 0 fully saturated rings. The molecule has 0 bridgehead atoms. The molecule has 0 aliphatic rings. The maximum Gasteiger partial charge on any atom is 0.269 e. The molecule has 0 unspecified atom stereocenters. The van der Waals surface area contributed by atoms with E-state index < -0.39 is 5.25 Å². The van der Waals surface area contributed by atoms with E-state index in [-0.39, 0.29) is 11.8 Å². The number of nitrogens with one attached hydrogen (secondary N) is 2. The summed E-state index contributed by atoms with van der Waals surface area (Å²) in [5.74, 6) is -0.0255. The summed E-state index contributed by atoms with van der Waals surface area (Å²) >= 11 is 1.25. The summed E-state index contributed by atoms with van der Waals surface area (Å²) in [4.78, 5) is 28.2. The maximum atomic E-state index is 12.3. The predicted octanol–water partition coefficient (Wildman–Crippen LogP) is 1.82. The molecule has 2 aromatic heterocycles. The molecule has 3 rings (SSSR count). The van der Waals surface area contributed by atoms with E-state index in [1.165, 1.54) is 11.8 Å². The second-order valence-electron chi connectivity index (χ2n) is 5.67. The van der Waals surface area contributed by atoms with E-state index in [0.29, 0.717) is 16.5 Å². The zero-order valence-electron chi connectivity index (χ0n) is 14.8. The number of carbonyl (C=O) groups is 2. The first kappa shape index (κ1) is 18.6. The normalized spacial score (nSPS) is 11.6. The molecule has 0 aliphatic carbocycles. The van der Waals surface area contributed by atoms with Gasteiger partial charge in [-0.2, -0.15) is 0 Å². The minimum Gasteiger partial charge on any atom is -0.305 e. The van der Waals surface area contributed by atoms with E-state index in [1.54, 1.807) is 43.6 Å². The van der Waals surface area contributed by atoms with Crippen LogP contribution in [0.15, 0.2) is 60.0 Å². The minimum atomic E-state index is -0.478. The lowest BCUT2D eigenvalue weighted by molar-refractivity contribution is -0.121. The van der Waals surface area contributed by atoms with E-state index in [1.807, 2.05) is 29.8 Å². The second-order valence-corrected chi connectivity index (χ2v) is 6.98. The summed E-state index contributed by atoms with van der Waals surface area (Å²) in [7, 11) is 1.83. The van der Waals surface area contributed by atoms with E-state index in [9.17, 15) is 9.59 Å². The van der Waals surface area contributed by atoms with Crippen LogP contribution >= 0.6 is 11.8 Å². The topological polar surface area (TPSA) is 102 Å². The summed E-state index contributed by atoms with van der Waals surface area (Å²) < 4.78 is 1.81. The Morgan fingerprint density at radius 2 is 1.74 bits per heavy atom. The van der Waals surface area contributed by atoms with Crippen LogP contribution in [0.3, 0.4) is 0 Å². The molecule has 0 saturated carbocycles. The summed E-state index contributed by atoms with van der Waals surface area (Å²) in [6.45, 7) is 1.73. The van der Waals surface area contributed by atoms with Crippen LogP contribution in [0.4, 0.5) is 0 Å². The highest BCUT2D eigenvalue weighted by atomic mass is 32.2. The van der Waals surface area contributed by atoms with Crippen molar-refractivity contribution in [3.8, 4) is 11.4 Å². The number of aromatic nitrogens is 4. The third-order valence-electron chi connectivity index (χ3n) is 3.76. The summed E-state index contributed by atoms with van der Waals surface area (Å²) in [6.07, 6.45) is 3.37. The zero-order valence-corrected chi connectivity index (χ0v) is 15.6. The van der Waals surface area contributed by atoms with Gasteiger partial charge in [-0.05, 0) is 31.2 Å². The molecular formula is C18H18N6O2S. The summed E-state index contributed by atoms with van der Waals surface area (Å²) in [5.41, 5.74) is 6.20. The molecule has 2 N–H and O–H groups in total. The molecule has 27 heavy (non-hydrogen) atoms. The average molecular weight is 382 g/mol. The molecule has 8 nitrogen and oxygen atoms in total. The summed E-state index contributed by atoms with van der Waals surface area (Å²) in [5, 5.41) is 8.44. The number of rotatable bonds is 5. The fraction of sp³-hybridized carbons (Fsp3) is 0.167. The van der Waals surface area contributed by atoms with Crippen molar-refractivity contribution in [1.29, 1.82) is 0 Å². The third-order valence-corrected chi connectivity index (χ3v) is 4.89. The highest BCUT2D eigenvalue weighted by Gasteiger charge is 2.20. The molecule has 0 spiro atoms. The molecule has 138 valence electrons. The summed E-state index contributed by atoms with van der Waals surface area (Å²) in [6, 6.07) is 12.3. The fourth-order valence-electron chi connectivity index (χ4n) is 2.26. The van der Waals surface area contributed by atoms with Gasteiger partial charge in [0.25, 0.3) is 11.8 Å². The van der Waals surface area contributed by atoms with Crippen molar-refractivity contribution in [2.75, 3.05) is 0 Å². The van der Waals surface area contributed by atoms with Crippen molar-refractivity contribution in [2.45, 2.75) is 17.3 Å². The van der Waals surface area contributed by atoms with Gasteiger partial charge in [0.05, 0.1) is 5.25 Å². The second kappa shape index (κ2) is 8.45. The zero-order chi connectivity index (χ0) is 19.2. The Labute approximate surface area is 160 Å². The molecule has 3 aromatic rings. The van der Waals surface area contributed by atoms with Gasteiger partial charge >= 0.3 is 0 Å². The van der Waals surface area contributed by atoms with E-state index in [2.05, 4.69) is 26.0 Å². The van der Waals surface area contributed by atoms with Crippen LogP contribution in [-0.4, -0.2) is 36.8 Å². The van der Waals surface area contributed by atoms with Crippen LogP contribution in [-0.2, 0) is 11.8 Å². The average Bonchev–Trinajstić information content (AvgIpc) is 3.07. The molecule has 9 heteroatoms. The molecule has 1 atom stereocenters. The molecule has 2 amide bonds. The maximum absolute atomic E-state index is 12.3. The van der Waals surface area contributed by atoms with Crippen LogP contribution in [0.1, 0.15) is 17.3 Å².